The number of ether oxygens (including phenoxy) is 3. The topological polar surface area (TPSA) is 89.1 Å². The minimum Gasteiger partial charge on any atom is -0.447 e. The Morgan fingerprint density at radius 2 is 1.80 bits per heavy atom. The fraction of sp³-hybridized carbons (Fsp3) is 0.320. The third kappa shape index (κ3) is 5.83. The number of para-hydroxylation sites is 1. The van der Waals surface area contributed by atoms with Crippen molar-refractivity contribution in [3.8, 4) is 28.9 Å². The van der Waals surface area contributed by atoms with Crippen molar-refractivity contribution in [1.82, 2.24) is 29.8 Å². The molecule has 0 aliphatic rings. The standard InChI is InChI=1S/C25H28N6O3S/c1-6-10-21(33-25(35)32-19-11-8-7-9-12-19)20-15-30(4)24(26-20)34-22-16(2)13-18(14-17(22)3)23-27-29-31(5)28-23/h7-9,11-15,21H,6,10H2,1-5H3. The molecule has 1 atom stereocenters. The third-order valence-electron chi connectivity index (χ3n) is 5.34. The average molecular weight is 493 g/mol. The number of tetrazole rings is 1. The van der Waals surface area contributed by atoms with Crippen LogP contribution in [0.4, 0.5) is 0 Å². The SMILES string of the molecule is CCCC(OC(=S)Oc1ccccc1)c1cn(C)c(Oc2c(C)cc(-c3nnn(C)n3)cc2C)n1. The van der Waals surface area contributed by atoms with Crippen molar-refractivity contribution >= 4 is 17.5 Å². The van der Waals surface area contributed by atoms with Crippen LogP contribution >= 0.6 is 12.2 Å². The van der Waals surface area contributed by atoms with Gasteiger partial charge in [0.1, 0.15) is 23.3 Å². The Labute approximate surface area is 209 Å². The van der Waals surface area contributed by atoms with Gasteiger partial charge in [-0.05, 0) is 60.9 Å². The van der Waals surface area contributed by atoms with Crippen LogP contribution in [-0.2, 0) is 18.8 Å². The summed E-state index contributed by atoms with van der Waals surface area (Å²) in [6, 6.07) is 13.7. The van der Waals surface area contributed by atoms with Crippen molar-refractivity contribution in [3.05, 3.63) is 65.5 Å². The summed E-state index contributed by atoms with van der Waals surface area (Å²) in [5.74, 6) is 1.93. The number of benzene rings is 2. The first-order valence-corrected chi connectivity index (χ1v) is 11.7. The summed E-state index contributed by atoms with van der Waals surface area (Å²) in [5.41, 5.74) is 3.48. The minimum atomic E-state index is -0.355. The fourth-order valence-corrected chi connectivity index (χ4v) is 3.92. The van der Waals surface area contributed by atoms with Gasteiger partial charge in [0.15, 0.2) is 0 Å². The predicted molar refractivity (Wildman–Crippen MR) is 135 cm³/mol. The summed E-state index contributed by atoms with van der Waals surface area (Å²) in [4.78, 5) is 6.15. The lowest BCUT2D eigenvalue weighted by Gasteiger charge is -2.17. The van der Waals surface area contributed by atoms with Crippen LogP contribution in [0.25, 0.3) is 11.4 Å². The highest BCUT2D eigenvalue weighted by Gasteiger charge is 2.22. The van der Waals surface area contributed by atoms with Crippen LogP contribution in [0.2, 0.25) is 0 Å². The molecule has 4 aromatic rings. The first-order chi connectivity index (χ1) is 16.8. The Morgan fingerprint density at radius 3 is 2.43 bits per heavy atom. The van der Waals surface area contributed by atoms with Crippen LogP contribution in [0.3, 0.4) is 0 Å². The highest BCUT2D eigenvalue weighted by Crippen LogP contribution is 2.33. The minimum absolute atomic E-state index is 0.0580. The van der Waals surface area contributed by atoms with Crippen molar-refractivity contribution < 1.29 is 14.2 Å². The van der Waals surface area contributed by atoms with E-state index in [1.807, 2.05) is 74.1 Å². The number of imidazole rings is 1. The second-order valence-electron chi connectivity index (χ2n) is 8.26. The lowest BCUT2D eigenvalue weighted by Crippen LogP contribution is -2.15. The zero-order chi connectivity index (χ0) is 24.9. The number of hydrogen-bond donors (Lipinski definition) is 0. The largest absolute Gasteiger partial charge is 0.447 e. The zero-order valence-corrected chi connectivity index (χ0v) is 21.2. The molecule has 0 saturated carbocycles. The maximum atomic E-state index is 6.25. The number of rotatable bonds is 8. The van der Waals surface area contributed by atoms with Crippen molar-refractivity contribution in [2.24, 2.45) is 14.1 Å². The van der Waals surface area contributed by atoms with Gasteiger partial charge in [0.05, 0.1) is 7.05 Å². The van der Waals surface area contributed by atoms with Crippen LogP contribution in [0.1, 0.15) is 42.7 Å². The first-order valence-electron chi connectivity index (χ1n) is 11.3. The second kappa shape index (κ2) is 10.6. The maximum absolute atomic E-state index is 6.25. The Hall–Kier alpha value is -3.79. The molecule has 0 saturated heterocycles. The number of thiocarbonyl (C=S) groups is 1. The number of aromatic nitrogens is 6. The van der Waals surface area contributed by atoms with E-state index >= 15 is 0 Å². The molecule has 0 amide bonds. The lowest BCUT2D eigenvalue weighted by molar-refractivity contribution is 0.144. The highest BCUT2D eigenvalue weighted by atomic mass is 32.1. The van der Waals surface area contributed by atoms with Gasteiger partial charge >= 0.3 is 11.2 Å². The number of hydrogen-bond acceptors (Lipinski definition) is 8. The van der Waals surface area contributed by atoms with Crippen molar-refractivity contribution in [1.29, 1.82) is 0 Å². The average Bonchev–Trinajstić information content (AvgIpc) is 3.42. The molecule has 0 spiro atoms. The van der Waals surface area contributed by atoms with E-state index in [1.54, 1.807) is 7.05 Å². The third-order valence-corrected chi connectivity index (χ3v) is 5.52. The molecule has 0 radical (unpaired) electrons. The van der Waals surface area contributed by atoms with Gasteiger partial charge in [0, 0.05) is 31.0 Å². The molecule has 0 aliphatic carbocycles. The van der Waals surface area contributed by atoms with E-state index in [-0.39, 0.29) is 11.3 Å². The van der Waals surface area contributed by atoms with Gasteiger partial charge in [-0.25, -0.2) is 0 Å². The van der Waals surface area contributed by atoms with Crippen LogP contribution in [0.5, 0.6) is 17.5 Å². The maximum Gasteiger partial charge on any atom is 0.358 e. The Morgan fingerprint density at radius 1 is 1.09 bits per heavy atom. The monoisotopic (exact) mass is 492 g/mol. The summed E-state index contributed by atoms with van der Waals surface area (Å²) < 4.78 is 19.7. The molecule has 2 aromatic heterocycles. The molecule has 10 heteroatoms. The van der Waals surface area contributed by atoms with Gasteiger partial charge in [-0.1, -0.05) is 31.5 Å². The molecule has 0 bridgehead atoms. The molecule has 9 nitrogen and oxygen atoms in total. The van der Waals surface area contributed by atoms with Gasteiger partial charge in [-0.3, -0.25) is 0 Å². The van der Waals surface area contributed by atoms with Gasteiger partial charge in [-0.2, -0.15) is 9.78 Å². The van der Waals surface area contributed by atoms with Crippen LogP contribution in [0.15, 0.2) is 48.7 Å². The summed E-state index contributed by atoms with van der Waals surface area (Å²) in [6.45, 7) is 6.04. The van der Waals surface area contributed by atoms with Gasteiger partial charge in [0.2, 0.25) is 5.82 Å². The van der Waals surface area contributed by atoms with E-state index < -0.39 is 0 Å². The van der Waals surface area contributed by atoms with E-state index in [2.05, 4.69) is 22.3 Å². The van der Waals surface area contributed by atoms with Gasteiger partial charge in [-0.15, -0.1) is 10.2 Å². The summed E-state index contributed by atoms with van der Waals surface area (Å²) in [6.07, 6.45) is 3.16. The molecule has 2 heterocycles. The highest BCUT2D eigenvalue weighted by molar-refractivity contribution is 7.79. The second-order valence-corrected chi connectivity index (χ2v) is 8.60. The smallest absolute Gasteiger partial charge is 0.358 e. The van der Waals surface area contributed by atoms with Crippen LogP contribution < -0.4 is 9.47 Å². The van der Waals surface area contributed by atoms with E-state index in [4.69, 9.17) is 31.4 Å². The first kappa shape index (κ1) is 24.3. The Kier molecular flexibility index (Phi) is 7.40. The van der Waals surface area contributed by atoms with Gasteiger partial charge in [0.25, 0.3) is 0 Å². The summed E-state index contributed by atoms with van der Waals surface area (Å²) in [5, 5.41) is 12.4. The van der Waals surface area contributed by atoms with Gasteiger partial charge < -0.3 is 18.8 Å². The molecule has 2 aromatic carbocycles. The van der Waals surface area contributed by atoms with Crippen LogP contribution in [0, 0.1) is 13.8 Å². The van der Waals surface area contributed by atoms with Crippen molar-refractivity contribution in [2.45, 2.75) is 39.7 Å². The Bertz CT molecular complexity index is 1290. The molecule has 0 N–H and O–H groups in total. The van der Waals surface area contributed by atoms with E-state index in [9.17, 15) is 0 Å². The van der Waals surface area contributed by atoms with Crippen molar-refractivity contribution in [2.75, 3.05) is 0 Å². The van der Waals surface area contributed by atoms with E-state index in [0.717, 1.165) is 41.0 Å². The molecule has 0 aliphatic heterocycles. The lowest BCUT2D eigenvalue weighted by atomic mass is 10.1. The molecular weight excluding hydrogens is 464 g/mol. The summed E-state index contributed by atoms with van der Waals surface area (Å²) in [7, 11) is 3.62. The van der Waals surface area contributed by atoms with E-state index in [1.165, 1.54) is 4.80 Å². The molecular formula is C25H28N6O3S. The van der Waals surface area contributed by atoms with E-state index in [0.29, 0.717) is 17.6 Å². The van der Waals surface area contributed by atoms with Crippen molar-refractivity contribution in [3.63, 3.8) is 0 Å². The Balaban J connectivity index is 1.52. The predicted octanol–water partition coefficient (Wildman–Crippen LogP) is 5.24. The number of aryl methyl sites for hydroxylation is 4. The normalized spacial score (nSPS) is 11.8. The summed E-state index contributed by atoms with van der Waals surface area (Å²) >= 11 is 5.33. The molecule has 182 valence electrons. The number of nitrogens with zero attached hydrogens (tertiary/aromatic N) is 6. The molecule has 35 heavy (non-hydrogen) atoms. The molecule has 4 rings (SSSR count). The quantitative estimate of drug-likeness (QED) is 0.309. The van der Waals surface area contributed by atoms with Crippen LogP contribution in [-0.4, -0.2) is 35.0 Å². The fourth-order valence-electron chi connectivity index (χ4n) is 3.71. The molecule has 0 fully saturated rings. The molecule has 1 unspecified atom stereocenters. The zero-order valence-electron chi connectivity index (χ0n) is 20.4.